The number of guanidine groups is 2. The van der Waals surface area contributed by atoms with Crippen LogP contribution in [0.3, 0.4) is 0 Å². The van der Waals surface area contributed by atoms with E-state index >= 15 is 0 Å². The summed E-state index contributed by atoms with van der Waals surface area (Å²) in [6.07, 6.45) is 4.47. The summed E-state index contributed by atoms with van der Waals surface area (Å²) in [4.78, 5) is 42.8. The van der Waals surface area contributed by atoms with Gasteiger partial charge in [-0.15, -0.1) is 22.7 Å². The number of carbonyl (C=O) groups excluding carboxylic acids is 2. The molecule has 0 unspecified atom stereocenters. The van der Waals surface area contributed by atoms with Crippen molar-refractivity contribution in [3.63, 3.8) is 0 Å². The summed E-state index contributed by atoms with van der Waals surface area (Å²) >= 11 is 2.94. The Bertz CT molecular complexity index is 1030. The van der Waals surface area contributed by atoms with Gasteiger partial charge in [-0.25, -0.2) is 19.6 Å². The molecule has 210 valence electrons. The van der Waals surface area contributed by atoms with Gasteiger partial charge in [0.25, 0.3) is 0 Å². The van der Waals surface area contributed by atoms with Crippen molar-refractivity contribution in [2.24, 2.45) is 21.5 Å². The molecule has 0 bridgehead atoms. The normalized spacial score (nSPS) is 11.8. The Balaban J connectivity index is 1.48. The molecular weight excluding hydrogens is 528 g/mol. The van der Waals surface area contributed by atoms with Crippen LogP contribution in [0.25, 0.3) is 0 Å². The van der Waals surface area contributed by atoms with Gasteiger partial charge in [-0.05, 0) is 52.4 Å². The molecule has 0 atom stereocenters. The van der Waals surface area contributed by atoms with Crippen molar-refractivity contribution in [2.45, 2.75) is 52.4 Å². The molecule has 0 radical (unpaired) electrons. The third-order valence-corrected chi connectivity index (χ3v) is 7.26. The molecule has 2 aromatic rings. The molecule has 0 saturated carbocycles. The zero-order valence-corrected chi connectivity index (χ0v) is 23.4. The van der Waals surface area contributed by atoms with Crippen LogP contribution in [0, 0.1) is 13.8 Å². The first-order valence-electron chi connectivity index (χ1n) is 12.3. The molecule has 4 amide bonds. The first-order chi connectivity index (χ1) is 18.1. The predicted molar refractivity (Wildman–Crippen MR) is 154 cm³/mol. The molecule has 0 aliphatic rings. The smallest absolute Gasteiger partial charge is 0.321 e. The summed E-state index contributed by atoms with van der Waals surface area (Å²) in [5.41, 5.74) is 24.8. The zero-order valence-electron chi connectivity index (χ0n) is 21.8. The Hall–Kier alpha value is -3.66. The van der Waals surface area contributed by atoms with Crippen LogP contribution in [-0.4, -0.2) is 60.1 Å². The summed E-state index contributed by atoms with van der Waals surface area (Å²) in [6, 6.07) is -0.859. The number of aromatic nitrogens is 2. The number of amides is 4. The monoisotopic (exact) mass is 566 g/mol. The van der Waals surface area contributed by atoms with Crippen LogP contribution in [-0.2, 0) is 12.8 Å². The Kier molecular flexibility index (Phi) is 13.1. The number of hydrogen-bond donors (Lipinski definition) is 8. The zero-order chi connectivity index (χ0) is 27.9. The number of urea groups is 2. The Morgan fingerprint density at radius 2 is 1.13 bits per heavy atom. The average molecular weight is 567 g/mol. The quantitative estimate of drug-likeness (QED) is 0.0984. The number of aryl methyl sites for hydroxylation is 4. The highest BCUT2D eigenvalue weighted by molar-refractivity contribution is 7.15. The molecule has 2 aromatic heterocycles. The number of rotatable bonds is 13. The van der Waals surface area contributed by atoms with E-state index in [2.05, 4.69) is 41.2 Å². The third kappa shape index (κ3) is 12.1. The fraction of sp³-hybridized carbons (Fsp3) is 0.545. The molecule has 16 heteroatoms. The lowest BCUT2D eigenvalue weighted by Gasteiger charge is -2.08. The van der Waals surface area contributed by atoms with Crippen molar-refractivity contribution in [3.05, 3.63) is 21.1 Å². The summed E-state index contributed by atoms with van der Waals surface area (Å²) in [5.74, 6) is 0.118. The molecule has 0 saturated heterocycles. The van der Waals surface area contributed by atoms with E-state index in [1.807, 2.05) is 13.8 Å². The molecule has 2 heterocycles. The van der Waals surface area contributed by atoms with Crippen molar-refractivity contribution in [1.82, 2.24) is 31.2 Å². The number of nitrogens with zero attached hydrogens (tertiary/aromatic N) is 4. The molecule has 2 rings (SSSR count). The van der Waals surface area contributed by atoms with Gasteiger partial charge in [-0.3, -0.25) is 20.6 Å². The van der Waals surface area contributed by atoms with Gasteiger partial charge in [-0.2, -0.15) is 0 Å². The maximum absolute atomic E-state index is 11.9. The molecule has 0 aliphatic heterocycles. The number of hydrogen-bond acceptors (Lipinski definition) is 10. The molecular formula is C22H38N12O2S2. The van der Waals surface area contributed by atoms with Crippen LogP contribution in [0.5, 0.6) is 0 Å². The van der Waals surface area contributed by atoms with Gasteiger partial charge in [0, 0.05) is 35.9 Å². The van der Waals surface area contributed by atoms with Gasteiger partial charge >= 0.3 is 12.1 Å². The molecule has 14 nitrogen and oxygen atoms in total. The van der Waals surface area contributed by atoms with Gasteiger partial charge in [0.05, 0.1) is 11.4 Å². The minimum Gasteiger partial charge on any atom is -0.375 e. The lowest BCUT2D eigenvalue weighted by atomic mass is 10.2. The largest absolute Gasteiger partial charge is 0.375 e. The van der Waals surface area contributed by atoms with Gasteiger partial charge in [0.2, 0.25) is 0 Å². The predicted octanol–water partition coefficient (Wildman–Crippen LogP) is 0.954. The van der Waals surface area contributed by atoms with E-state index < -0.39 is 12.1 Å². The number of nitrogens with two attached hydrogens (primary N) is 4. The van der Waals surface area contributed by atoms with Gasteiger partial charge in [0.15, 0.2) is 22.2 Å². The molecule has 0 aromatic carbocycles. The fourth-order valence-corrected chi connectivity index (χ4v) is 5.05. The number of thiazole rings is 2. The molecule has 12 N–H and O–H groups in total. The minimum atomic E-state index is -0.430. The van der Waals surface area contributed by atoms with Crippen LogP contribution in [0.15, 0.2) is 9.98 Å². The number of aliphatic imine (C=N–C) groups is 2. The number of nitrogen functional groups attached to an aromatic ring is 2. The molecule has 38 heavy (non-hydrogen) atoms. The van der Waals surface area contributed by atoms with Crippen LogP contribution in [0.2, 0.25) is 0 Å². The Labute approximate surface area is 230 Å². The van der Waals surface area contributed by atoms with E-state index in [1.54, 1.807) is 0 Å². The first kappa shape index (κ1) is 30.6. The first-order valence-corrected chi connectivity index (χ1v) is 13.9. The van der Waals surface area contributed by atoms with Crippen molar-refractivity contribution in [2.75, 3.05) is 37.6 Å². The fourth-order valence-electron chi connectivity index (χ4n) is 3.30. The SMILES string of the molecule is Cc1nc(N)sc1CCCN=C(N)NC(=O)NCCCCNC(=O)NC(N)=NCCCc1sc(N)nc1C. The Morgan fingerprint density at radius 3 is 1.47 bits per heavy atom. The number of anilines is 2. The van der Waals surface area contributed by atoms with E-state index in [0.29, 0.717) is 49.3 Å². The lowest BCUT2D eigenvalue weighted by Crippen LogP contribution is -2.44. The van der Waals surface area contributed by atoms with Crippen LogP contribution >= 0.6 is 22.7 Å². The minimum absolute atomic E-state index is 0.0592. The second-order valence-corrected chi connectivity index (χ2v) is 10.6. The molecule has 0 fully saturated rings. The number of nitrogens with one attached hydrogen (secondary N) is 4. The highest BCUT2D eigenvalue weighted by Crippen LogP contribution is 2.21. The van der Waals surface area contributed by atoms with Gasteiger partial charge < -0.3 is 33.6 Å². The van der Waals surface area contributed by atoms with E-state index in [0.717, 1.165) is 46.8 Å². The van der Waals surface area contributed by atoms with Crippen LogP contribution < -0.4 is 44.2 Å². The number of carbonyl (C=O) groups is 2. The van der Waals surface area contributed by atoms with Crippen LogP contribution in [0.4, 0.5) is 19.9 Å². The summed E-state index contributed by atoms with van der Waals surface area (Å²) in [7, 11) is 0. The van der Waals surface area contributed by atoms with Gasteiger partial charge in [0.1, 0.15) is 0 Å². The van der Waals surface area contributed by atoms with Crippen molar-refractivity contribution >= 4 is 56.9 Å². The second kappa shape index (κ2) is 16.2. The summed E-state index contributed by atoms with van der Waals surface area (Å²) in [5, 5.41) is 11.5. The number of unbranched alkanes of at least 4 members (excludes halogenated alkanes) is 1. The third-order valence-electron chi connectivity index (χ3n) is 5.16. The van der Waals surface area contributed by atoms with E-state index in [1.165, 1.54) is 22.7 Å². The van der Waals surface area contributed by atoms with E-state index in [9.17, 15) is 9.59 Å². The van der Waals surface area contributed by atoms with Crippen molar-refractivity contribution in [3.8, 4) is 0 Å². The maximum atomic E-state index is 11.9. The average Bonchev–Trinajstić information content (AvgIpc) is 3.34. The maximum Gasteiger partial charge on any atom is 0.321 e. The summed E-state index contributed by atoms with van der Waals surface area (Å²) < 4.78 is 0. The standard InChI is InChI=1S/C22H38N12O2S2/c1-13-15(37-19(25)31-13)7-5-11-27-17(23)33-21(35)29-9-3-4-10-30-22(36)34-18(24)28-12-6-8-16-14(2)32-20(26)38-16/h3-12H2,1-2H3,(H2,25,31)(H2,26,32)(H4,23,27,29,33,35)(H4,24,28,30,34,36). The lowest BCUT2D eigenvalue weighted by molar-refractivity contribution is 0.243. The molecule has 0 aliphatic carbocycles. The highest BCUT2D eigenvalue weighted by atomic mass is 32.1. The van der Waals surface area contributed by atoms with E-state index in [-0.39, 0.29) is 11.9 Å². The summed E-state index contributed by atoms with van der Waals surface area (Å²) in [6.45, 7) is 5.65. The van der Waals surface area contributed by atoms with E-state index in [4.69, 9.17) is 22.9 Å². The molecule has 0 spiro atoms. The Morgan fingerprint density at radius 1 is 0.737 bits per heavy atom. The second-order valence-electron chi connectivity index (χ2n) is 8.33. The van der Waals surface area contributed by atoms with Crippen LogP contribution in [0.1, 0.15) is 46.8 Å². The van der Waals surface area contributed by atoms with Crippen molar-refractivity contribution in [1.29, 1.82) is 0 Å². The van der Waals surface area contributed by atoms with Gasteiger partial charge in [-0.1, -0.05) is 0 Å². The topological polar surface area (TPSA) is 237 Å². The highest BCUT2D eigenvalue weighted by Gasteiger charge is 2.07. The van der Waals surface area contributed by atoms with Crippen molar-refractivity contribution < 1.29 is 9.59 Å².